The number of halogens is 5. The van der Waals surface area contributed by atoms with Crippen molar-refractivity contribution < 1.29 is 17.6 Å². The van der Waals surface area contributed by atoms with E-state index in [9.17, 15) is 22.4 Å². The van der Waals surface area contributed by atoms with Crippen molar-refractivity contribution >= 4 is 26.8 Å². The third-order valence-electron chi connectivity index (χ3n) is 4.63. The van der Waals surface area contributed by atoms with E-state index in [0.717, 1.165) is 12.1 Å². The molecule has 152 valence electrons. The van der Waals surface area contributed by atoms with Gasteiger partial charge in [-0.1, -0.05) is 46.3 Å². The van der Waals surface area contributed by atoms with Crippen LogP contribution in [0.1, 0.15) is 11.1 Å². The van der Waals surface area contributed by atoms with E-state index in [1.807, 2.05) is 0 Å². The molecule has 0 N–H and O–H groups in total. The van der Waals surface area contributed by atoms with Gasteiger partial charge in [0.25, 0.3) is 5.56 Å². The monoisotopic (exact) mass is 476 g/mol. The highest BCUT2D eigenvalue weighted by Gasteiger charge is 2.35. The van der Waals surface area contributed by atoms with E-state index >= 15 is 0 Å². The Kier molecular flexibility index (Phi) is 5.19. The second-order valence-electron chi connectivity index (χ2n) is 6.66. The minimum absolute atomic E-state index is 0.0130. The van der Waals surface area contributed by atoms with Crippen molar-refractivity contribution in [3.05, 3.63) is 98.5 Å². The Morgan fingerprint density at radius 2 is 1.70 bits per heavy atom. The molecule has 0 aliphatic rings. The highest BCUT2D eigenvalue weighted by Crippen LogP contribution is 2.37. The van der Waals surface area contributed by atoms with Crippen molar-refractivity contribution in [2.75, 3.05) is 0 Å². The van der Waals surface area contributed by atoms with E-state index < -0.39 is 23.1 Å². The Labute approximate surface area is 176 Å². The Morgan fingerprint density at radius 1 is 0.967 bits per heavy atom. The zero-order chi connectivity index (χ0) is 21.5. The van der Waals surface area contributed by atoms with Crippen LogP contribution in [-0.2, 0) is 12.7 Å². The Morgan fingerprint density at radius 3 is 2.40 bits per heavy atom. The minimum Gasteiger partial charge on any atom is -0.288 e. The van der Waals surface area contributed by atoms with E-state index in [1.165, 1.54) is 4.57 Å². The minimum atomic E-state index is -4.82. The van der Waals surface area contributed by atoms with Crippen molar-refractivity contribution in [2.24, 2.45) is 0 Å². The molecule has 0 bridgehead atoms. The fourth-order valence-corrected chi connectivity index (χ4v) is 3.62. The zero-order valence-corrected chi connectivity index (χ0v) is 16.8. The number of nitrogens with zero attached hydrogens (tertiary/aromatic N) is 2. The molecule has 0 saturated heterocycles. The van der Waals surface area contributed by atoms with Crippen LogP contribution >= 0.6 is 15.9 Å². The molecule has 0 atom stereocenters. The predicted octanol–water partition coefficient (Wildman–Crippen LogP) is 6.03. The lowest BCUT2D eigenvalue weighted by atomic mass is 10.0. The van der Waals surface area contributed by atoms with Crippen LogP contribution in [-0.4, -0.2) is 9.55 Å². The quantitative estimate of drug-likeness (QED) is 0.338. The molecular weight excluding hydrogens is 464 g/mol. The number of alkyl halides is 3. The fraction of sp³-hybridized carbons (Fsp3) is 0.0909. The predicted molar refractivity (Wildman–Crippen MR) is 110 cm³/mol. The highest BCUT2D eigenvalue weighted by molar-refractivity contribution is 9.10. The molecule has 4 rings (SSSR count). The second kappa shape index (κ2) is 7.68. The summed E-state index contributed by atoms with van der Waals surface area (Å²) in [6, 6.07) is 16.0. The largest absolute Gasteiger partial charge is 0.417 e. The Bertz CT molecular complexity index is 1300. The Hall–Kier alpha value is -3.00. The zero-order valence-electron chi connectivity index (χ0n) is 15.3. The number of rotatable bonds is 3. The summed E-state index contributed by atoms with van der Waals surface area (Å²) in [7, 11) is 0. The highest BCUT2D eigenvalue weighted by atomic mass is 79.9. The summed E-state index contributed by atoms with van der Waals surface area (Å²) >= 11 is 3.30. The average Bonchev–Trinajstić information content (AvgIpc) is 2.71. The maximum atomic E-state index is 13.7. The van der Waals surface area contributed by atoms with Crippen LogP contribution in [0.3, 0.4) is 0 Å². The molecule has 1 heterocycles. The summed E-state index contributed by atoms with van der Waals surface area (Å²) in [4.78, 5) is 17.6. The van der Waals surface area contributed by atoms with Gasteiger partial charge in [0.1, 0.15) is 11.6 Å². The van der Waals surface area contributed by atoms with Gasteiger partial charge in [-0.3, -0.25) is 9.36 Å². The molecule has 0 amide bonds. The van der Waals surface area contributed by atoms with Gasteiger partial charge in [0.15, 0.2) is 0 Å². The molecule has 0 radical (unpaired) electrons. The van der Waals surface area contributed by atoms with Crippen molar-refractivity contribution in [3.63, 3.8) is 0 Å². The van der Waals surface area contributed by atoms with E-state index in [0.29, 0.717) is 16.1 Å². The molecule has 0 fully saturated rings. The third-order valence-corrected chi connectivity index (χ3v) is 5.12. The van der Waals surface area contributed by atoms with Crippen LogP contribution in [0.15, 0.2) is 76.0 Å². The van der Waals surface area contributed by atoms with E-state index in [2.05, 4.69) is 20.9 Å². The molecule has 8 heteroatoms. The van der Waals surface area contributed by atoms with Crippen molar-refractivity contribution in [3.8, 4) is 11.4 Å². The van der Waals surface area contributed by atoms with Crippen molar-refractivity contribution in [2.45, 2.75) is 12.7 Å². The lowest BCUT2D eigenvalue weighted by Crippen LogP contribution is -2.25. The molecule has 3 nitrogen and oxygen atoms in total. The third kappa shape index (κ3) is 3.87. The van der Waals surface area contributed by atoms with Crippen molar-refractivity contribution in [1.29, 1.82) is 0 Å². The van der Waals surface area contributed by atoms with Gasteiger partial charge >= 0.3 is 6.18 Å². The van der Waals surface area contributed by atoms with E-state index in [-0.39, 0.29) is 28.8 Å². The summed E-state index contributed by atoms with van der Waals surface area (Å²) in [5.74, 6) is -1.20. The number of aromatic nitrogens is 2. The van der Waals surface area contributed by atoms with Crippen molar-refractivity contribution in [1.82, 2.24) is 9.55 Å². The fourth-order valence-electron chi connectivity index (χ4n) is 3.26. The lowest BCUT2D eigenvalue weighted by Gasteiger charge is -2.18. The van der Waals surface area contributed by atoms with Crippen LogP contribution in [0.25, 0.3) is 22.3 Å². The van der Waals surface area contributed by atoms with Gasteiger partial charge < -0.3 is 0 Å². The van der Waals surface area contributed by atoms with Crippen LogP contribution < -0.4 is 5.56 Å². The smallest absolute Gasteiger partial charge is 0.288 e. The standard InChI is InChI=1S/C22H13BrF4N2O/c23-14-6-9-19-17(10-14)21(30)29(12-13-4-2-1-3-5-13)20(28-19)16-8-7-15(24)11-18(16)22(25,26)27/h1-11H,12H2. The summed E-state index contributed by atoms with van der Waals surface area (Å²) in [5.41, 5.74) is -1.07. The number of hydrogen-bond acceptors (Lipinski definition) is 2. The number of fused-ring (bicyclic) bond motifs is 1. The molecule has 3 aromatic carbocycles. The van der Waals surface area contributed by atoms with Gasteiger partial charge in [0.05, 0.1) is 23.0 Å². The molecule has 0 aliphatic carbocycles. The molecule has 0 unspecified atom stereocenters. The molecule has 0 aliphatic heterocycles. The first-order valence-electron chi connectivity index (χ1n) is 8.85. The molecular formula is C22H13BrF4N2O. The maximum Gasteiger partial charge on any atom is 0.417 e. The lowest BCUT2D eigenvalue weighted by molar-refractivity contribution is -0.137. The molecule has 0 spiro atoms. The van der Waals surface area contributed by atoms with Gasteiger partial charge in [0, 0.05) is 10.0 Å². The summed E-state index contributed by atoms with van der Waals surface area (Å²) in [5, 5.41) is 0.264. The van der Waals surface area contributed by atoms with Crippen LogP contribution in [0.4, 0.5) is 17.6 Å². The van der Waals surface area contributed by atoms with Gasteiger partial charge in [-0.25, -0.2) is 9.37 Å². The topological polar surface area (TPSA) is 34.9 Å². The SMILES string of the molecule is O=c1c2cc(Br)ccc2nc(-c2ccc(F)cc2C(F)(F)F)n1Cc1ccccc1. The van der Waals surface area contributed by atoms with Crippen LogP contribution in [0, 0.1) is 5.82 Å². The number of benzene rings is 3. The molecule has 30 heavy (non-hydrogen) atoms. The normalized spacial score (nSPS) is 11.8. The Balaban J connectivity index is 2.06. The second-order valence-corrected chi connectivity index (χ2v) is 7.58. The maximum absolute atomic E-state index is 13.7. The first-order chi connectivity index (χ1) is 14.2. The van der Waals surface area contributed by atoms with Gasteiger partial charge in [-0.15, -0.1) is 0 Å². The number of hydrogen-bond donors (Lipinski definition) is 0. The van der Waals surface area contributed by atoms with E-state index in [4.69, 9.17) is 0 Å². The van der Waals surface area contributed by atoms with Crippen LogP contribution in [0.5, 0.6) is 0 Å². The first-order valence-corrected chi connectivity index (χ1v) is 9.64. The summed E-state index contributed by atoms with van der Waals surface area (Å²) < 4.78 is 56.4. The van der Waals surface area contributed by atoms with Crippen LogP contribution in [0.2, 0.25) is 0 Å². The van der Waals surface area contributed by atoms with E-state index in [1.54, 1.807) is 48.5 Å². The summed E-state index contributed by atoms with van der Waals surface area (Å²) in [6.45, 7) is 0.0130. The van der Waals surface area contributed by atoms with Gasteiger partial charge in [0.2, 0.25) is 0 Å². The van der Waals surface area contributed by atoms with Gasteiger partial charge in [-0.05, 0) is 42.0 Å². The molecule has 1 aromatic heterocycles. The first kappa shape index (κ1) is 20.3. The molecule has 0 saturated carbocycles. The molecule has 4 aromatic rings. The average molecular weight is 477 g/mol. The van der Waals surface area contributed by atoms with Gasteiger partial charge in [-0.2, -0.15) is 13.2 Å². The summed E-state index contributed by atoms with van der Waals surface area (Å²) in [6.07, 6.45) is -4.82.